The number of nitrogens with two attached hydrogens (primary N) is 2. The zero-order valence-electron chi connectivity index (χ0n) is 9.79. The lowest BCUT2D eigenvalue weighted by Crippen LogP contribution is -2.82. The fourth-order valence-corrected chi connectivity index (χ4v) is 2.02. The van der Waals surface area contributed by atoms with Crippen molar-refractivity contribution in [3.8, 4) is 5.75 Å². The average molecular weight is 290 g/mol. The average Bonchev–Trinajstić information content (AvgIpc) is 2.27. The molecule has 0 saturated heterocycles. The van der Waals surface area contributed by atoms with E-state index in [4.69, 9.17) is 33.7 Å². The number of hydrogen-bond acceptors (Lipinski definition) is 2. The molecule has 0 aliphatic carbocycles. The van der Waals surface area contributed by atoms with Crippen LogP contribution in [0.15, 0.2) is 24.8 Å². The second-order valence-corrected chi connectivity index (χ2v) is 4.49. The minimum Gasteiger partial charge on any atom is -0.482 e. The molecule has 1 rings (SSSR count). The molecule has 0 bridgehead atoms. The Hall–Kier alpha value is -1.23. The molecule has 0 fully saturated rings. The van der Waals surface area contributed by atoms with Crippen LogP contribution in [-0.4, -0.2) is 19.1 Å². The third-order valence-corrected chi connectivity index (χ3v) is 2.64. The van der Waals surface area contributed by atoms with Gasteiger partial charge in [-0.15, -0.1) is 0 Å². The van der Waals surface area contributed by atoms with Gasteiger partial charge in [-0.25, -0.2) is 0 Å². The first kappa shape index (κ1) is 14.8. The fraction of sp³-hybridized carbons (Fsp3) is 0.250. The number of benzene rings is 1. The topological polar surface area (TPSA) is 68.9 Å². The van der Waals surface area contributed by atoms with Crippen LogP contribution in [0.25, 0.3) is 0 Å². The number of quaternary nitrogens is 1. The molecule has 0 atom stereocenters. The van der Waals surface area contributed by atoms with Crippen molar-refractivity contribution in [1.29, 1.82) is 0 Å². The summed E-state index contributed by atoms with van der Waals surface area (Å²) >= 11 is 12.0. The van der Waals surface area contributed by atoms with E-state index in [2.05, 4.69) is 6.58 Å². The van der Waals surface area contributed by atoms with Crippen LogP contribution in [0.3, 0.4) is 0 Å². The Kier molecular flexibility index (Phi) is 5.98. The van der Waals surface area contributed by atoms with E-state index in [-0.39, 0.29) is 6.61 Å². The molecule has 98 valence electrons. The SMILES string of the molecule is C=CC[NH2+]Cc1cc(Cl)cc(Cl)c1OCC(N)=O. The smallest absolute Gasteiger partial charge is 0.255 e. The molecule has 4 N–H and O–H groups in total. The number of carbonyl (C=O) groups excluding carboxylic acids is 1. The first-order valence-corrected chi connectivity index (χ1v) is 6.11. The predicted octanol–water partition coefficient (Wildman–Crippen LogP) is 1.11. The third-order valence-electron chi connectivity index (χ3n) is 2.14. The van der Waals surface area contributed by atoms with Crippen LogP contribution in [0, 0.1) is 0 Å². The van der Waals surface area contributed by atoms with Gasteiger partial charge in [0.2, 0.25) is 0 Å². The lowest BCUT2D eigenvalue weighted by molar-refractivity contribution is -0.662. The molecule has 0 aromatic heterocycles. The van der Waals surface area contributed by atoms with E-state index in [0.717, 1.165) is 12.1 Å². The molecular formula is C12H15Cl2N2O2+. The summed E-state index contributed by atoms with van der Waals surface area (Å²) in [6.45, 7) is 4.81. The van der Waals surface area contributed by atoms with Crippen LogP contribution < -0.4 is 15.8 Å². The number of primary amides is 1. The van der Waals surface area contributed by atoms with Crippen molar-refractivity contribution in [2.75, 3.05) is 13.2 Å². The highest BCUT2D eigenvalue weighted by atomic mass is 35.5. The summed E-state index contributed by atoms with van der Waals surface area (Å²) in [5.41, 5.74) is 5.85. The summed E-state index contributed by atoms with van der Waals surface area (Å²) in [6, 6.07) is 3.32. The summed E-state index contributed by atoms with van der Waals surface area (Å²) < 4.78 is 5.30. The van der Waals surface area contributed by atoms with E-state index >= 15 is 0 Å². The zero-order chi connectivity index (χ0) is 13.5. The molecule has 0 spiro atoms. The second-order valence-electron chi connectivity index (χ2n) is 3.65. The molecule has 0 heterocycles. The Balaban J connectivity index is 2.89. The van der Waals surface area contributed by atoms with Crippen LogP contribution in [0.4, 0.5) is 0 Å². The van der Waals surface area contributed by atoms with Crippen LogP contribution in [0.5, 0.6) is 5.75 Å². The van der Waals surface area contributed by atoms with E-state index in [1.165, 1.54) is 0 Å². The third kappa shape index (κ3) is 4.56. The van der Waals surface area contributed by atoms with Crippen molar-refractivity contribution in [3.05, 3.63) is 40.4 Å². The number of carbonyl (C=O) groups is 1. The number of ether oxygens (including phenoxy) is 1. The van der Waals surface area contributed by atoms with Crippen molar-refractivity contribution in [1.82, 2.24) is 0 Å². The van der Waals surface area contributed by atoms with Gasteiger partial charge in [0, 0.05) is 5.02 Å². The molecule has 0 aliphatic heterocycles. The molecule has 1 amide bonds. The van der Waals surface area contributed by atoms with Crippen molar-refractivity contribution in [2.45, 2.75) is 6.54 Å². The van der Waals surface area contributed by atoms with E-state index < -0.39 is 5.91 Å². The largest absolute Gasteiger partial charge is 0.482 e. The zero-order valence-corrected chi connectivity index (χ0v) is 11.3. The summed E-state index contributed by atoms with van der Waals surface area (Å²) in [6.07, 6.45) is 1.79. The van der Waals surface area contributed by atoms with Crippen molar-refractivity contribution < 1.29 is 14.8 Å². The van der Waals surface area contributed by atoms with Gasteiger partial charge in [0.05, 0.1) is 17.1 Å². The first-order chi connectivity index (χ1) is 8.54. The Morgan fingerprint density at radius 2 is 2.22 bits per heavy atom. The summed E-state index contributed by atoms with van der Waals surface area (Å²) in [5, 5.41) is 2.89. The van der Waals surface area contributed by atoms with Crippen molar-refractivity contribution in [2.24, 2.45) is 5.73 Å². The van der Waals surface area contributed by atoms with Crippen LogP contribution in [0.1, 0.15) is 5.56 Å². The molecule has 0 aliphatic rings. The lowest BCUT2D eigenvalue weighted by atomic mass is 10.2. The standard InChI is InChI=1S/C12H14Cl2N2O2/c1-2-3-16-6-8-4-9(13)5-10(14)12(8)18-7-11(15)17/h2,4-5,16H,1,3,6-7H2,(H2,15,17)/p+1. The van der Waals surface area contributed by atoms with Gasteiger partial charge in [-0.1, -0.05) is 29.8 Å². The van der Waals surface area contributed by atoms with Crippen molar-refractivity contribution in [3.63, 3.8) is 0 Å². The second kappa shape index (κ2) is 7.26. The van der Waals surface area contributed by atoms with Crippen LogP contribution in [-0.2, 0) is 11.3 Å². The molecule has 1 aromatic carbocycles. The van der Waals surface area contributed by atoms with Crippen LogP contribution >= 0.6 is 23.2 Å². The maximum atomic E-state index is 10.7. The van der Waals surface area contributed by atoms with E-state index in [0.29, 0.717) is 22.3 Å². The molecule has 1 aromatic rings. The maximum Gasteiger partial charge on any atom is 0.255 e. The molecule has 18 heavy (non-hydrogen) atoms. The molecule has 0 saturated carbocycles. The summed E-state index contributed by atoms with van der Waals surface area (Å²) in [4.78, 5) is 10.7. The van der Waals surface area contributed by atoms with Gasteiger partial charge in [-0.2, -0.15) is 0 Å². The minimum absolute atomic E-state index is 0.212. The predicted molar refractivity (Wildman–Crippen MR) is 71.8 cm³/mol. The molecular weight excluding hydrogens is 275 g/mol. The quantitative estimate of drug-likeness (QED) is 0.583. The number of halogens is 2. The van der Waals surface area contributed by atoms with Crippen molar-refractivity contribution >= 4 is 29.1 Å². The molecule has 4 nitrogen and oxygen atoms in total. The van der Waals surface area contributed by atoms with Gasteiger partial charge in [-0.05, 0) is 18.2 Å². The Bertz CT molecular complexity index is 450. The maximum absolute atomic E-state index is 10.7. The molecule has 6 heteroatoms. The van der Waals surface area contributed by atoms with Gasteiger partial charge < -0.3 is 15.8 Å². The fourth-order valence-electron chi connectivity index (χ4n) is 1.43. The van der Waals surface area contributed by atoms with Gasteiger partial charge in [0.25, 0.3) is 5.91 Å². The monoisotopic (exact) mass is 289 g/mol. The van der Waals surface area contributed by atoms with E-state index in [1.807, 2.05) is 5.32 Å². The van der Waals surface area contributed by atoms with E-state index in [9.17, 15) is 4.79 Å². The van der Waals surface area contributed by atoms with Gasteiger partial charge in [-0.3, -0.25) is 4.79 Å². The summed E-state index contributed by atoms with van der Waals surface area (Å²) in [7, 11) is 0. The Morgan fingerprint density at radius 1 is 1.50 bits per heavy atom. The molecule has 0 unspecified atom stereocenters. The Morgan fingerprint density at radius 3 is 2.83 bits per heavy atom. The number of hydrogen-bond donors (Lipinski definition) is 2. The highest BCUT2D eigenvalue weighted by Crippen LogP contribution is 2.31. The van der Waals surface area contributed by atoms with Gasteiger partial charge in [0.15, 0.2) is 6.61 Å². The van der Waals surface area contributed by atoms with Gasteiger partial charge >= 0.3 is 0 Å². The van der Waals surface area contributed by atoms with Crippen LogP contribution in [0.2, 0.25) is 10.0 Å². The normalized spacial score (nSPS) is 10.1. The minimum atomic E-state index is -0.554. The molecule has 0 radical (unpaired) electrons. The number of amides is 1. The van der Waals surface area contributed by atoms with Gasteiger partial charge in [0.1, 0.15) is 12.3 Å². The highest BCUT2D eigenvalue weighted by molar-refractivity contribution is 6.35. The lowest BCUT2D eigenvalue weighted by Gasteiger charge is -2.11. The highest BCUT2D eigenvalue weighted by Gasteiger charge is 2.13. The first-order valence-electron chi connectivity index (χ1n) is 5.36. The Labute approximate surface area is 116 Å². The summed E-state index contributed by atoms with van der Waals surface area (Å²) in [5.74, 6) is -0.109. The number of rotatable bonds is 7. The van der Waals surface area contributed by atoms with E-state index in [1.54, 1.807) is 18.2 Å².